The Labute approximate surface area is 131 Å². The molecular formula is C14H12Cl2N2OS. The quantitative estimate of drug-likeness (QED) is 0.654. The fourth-order valence-electron chi connectivity index (χ4n) is 1.61. The minimum atomic E-state index is -0.0903. The Hall–Kier alpha value is -1.36. The van der Waals surface area contributed by atoms with Crippen molar-refractivity contribution in [3.05, 3.63) is 50.5 Å². The maximum absolute atomic E-state index is 12.1. The third kappa shape index (κ3) is 3.39. The van der Waals surface area contributed by atoms with Gasteiger partial charge in [-0.3, -0.25) is 4.79 Å². The smallest absolute Gasteiger partial charge is 0.197 e. The van der Waals surface area contributed by atoms with Gasteiger partial charge in [0.1, 0.15) is 0 Å². The number of aromatic nitrogens is 1. The SMILES string of the molecule is CNc1nc(C)c(C(=O)/C=C/c2ccc(Cl)cc2Cl)s1. The zero-order valence-electron chi connectivity index (χ0n) is 10.9. The molecule has 20 heavy (non-hydrogen) atoms. The molecule has 3 nitrogen and oxygen atoms in total. The summed E-state index contributed by atoms with van der Waals surface area (Å²) in [5.74, 6) is -0.0903. The molecule has 1 heterocycles. The number of halogens is 2. The second-order valence-corrected chi connectivity index (χ2v) is 5.89. The van der Waals surface area contributed by atoms with Crippen LogP contribution in [0, 0.1) is 6.92 Å². The lowest BCUT2D eigenvalue weighted by Gasteiger charge is -1.98. The van der Waals surface area contributed by atoms with Gasteiger partial charge in [0.25, 0.3) is 0 Å². The molecule has 0 bridgehead atoms. The van der Waals surface area contributed by atoms with Gasteiger partial charge in [0.15, 0.2) is 10.9 Å². The Balaban J connectivity index is 2.22. The molecule has 0 radical (unpaired) electrons. The third-order valence-corrected chi connectivity index (χ3v) is 4.36. The number of thiazole rings is 1. The third-order valence-electron chi connectivity index (χ3n) is 2.61. The molecule has 1 aromatic heterocycles. The number of carbonyl (C=O) groups is 1. The van der Waals surface area contributed by atoms with Crippen LogP contribution in [0.15, 0.2) is 24.3 Å². The van der Waals surface area contributed by atoms with Crippen molar-refractivity contribution in [1.29, 1.82) is 0 Å². The number of rotatable bonds is 4. The van der Waals surface area contributed by atoms with Crippen molar-refractivity contribution in [2.75, 3.05) is 12.4 Å². The lowest BCUT2D eigenvalue weighted by atomic mass is 10.2. The van der Waals surface area contributed by atoms with Crippen molar-refractivity contribution in [3.8, 4) is 0 Å². The predicted octanol–water partition coefficient (Wildman–Crippen LogP) is 4.70. The summed E-state index contributed by atoms with van der Waals surface area (Å²) >= 11 is 13.2. The number of ketones is 1. The molecule has 0 aliphatic rings. The fraction of sp³-hybridized carbons (Fsp3) is 0.143. The number of hydrogen-bond acceptors (Lipinski definition) is 4. The molecule has 0 spiro atoms. The first-order valence-electron chi connectivity index (χ1n) is 5.84. The van der Waals surface area contributed by atoms with Crippen LogP contribution in [0.3, 0.4) is 0 Å². The van der Waals surface area contributed by atoms with Gasteiger partial charge in [-0.15, -0.1) is 0 Å². The van der Waals surface area contributed by atoms with Gasteiger partial charge in [0.2, 0.25) is 0 Å². The van der Waals surface area contributed by atoms with E-state index in [4.69, 9.17) is 23.2 Å². The Morgan fingerprint density at radius 1 is 1.40 bits per heavy atom. The molecule has 0 amide bonds. The topological polar surface area (TPSA) is 42.0 Å². The van der Waals surface area contributed by atoms with Crippen LogP contribution in [0.1, 0.15) is 20.9 Å². The minimum Gasteiger partial charge on any atom is -0.365 e. The number of allylic oxidation sites excluding steroid dienone is 1. The summed E-state index contributed by atoms with van der Waals surface area (Å²) in [6.07, 6.45) is 3.17. The van der Waals surface area contributed by atoms with Crippen molar-refractivity contribution >= 4 is 51.5 Å². The standard InChI is InChI=1S/C14H12Cl2N2OS/c1-8-13(20-14(17-2)18-8)12(19)6-4-9-3-5-10(15)7-11(9)16/h3-7H,1-2H3,(H,17,18)/b6-4+. The molecule has 0 aliphatic heterocycles. The van der Waals surface area contributed by atoms with Gasteiger partial charge >= 0.3 is 0 Å². The van der Waals surface area contributed by atoms with E-state index in [1.807, 2.05) is 6.92 Å². The number of anilines is 1. The average Bonchev–Trinajstić information content (AvgIpc) is 2.79. The minimum absolute atomic E-state index is 0.0903. The Morgan fingerprint density at radius 2 is 2.15 bits per heavy atom. The molecule has 0 saturated carbocycles. The van der Waals surface area contributed by atoms with Crippen LogP contribution >= 0.6 is 34.5 Å². The van der Waals surface area contributed by atoms with E-state index in [0.29, 0.717) is 14.9 Å². The summed E-state index contributed by atoms with van der Waals surface area (Å²) in [5.41, 5.74) is 1.47. The first-order chi connectivity index (χ1) is 9.51. The average molecular weight is 327 g/mol. The van der Waals surface area contributed by atoms with Gasteiger partial charge < -0.3 is 5.32 Å². The second kappa shape index (κ2) is 6.39. The lowest BCUT2D eigenvalue weighted by molar-refractivity contribution is 0.105. The van der Waals surface area contributed by atoms with Gasteiger partial charge in [-0.05, 0) is 36.8 Å². The molecule has 0 unspecified atom stereocenters. The highest BCUT2D eigenvalue weighted by atomic mass is 35.5. The monoisotopic (exact) mass is 326 g/mol. The highest BCUT2D eigenvalue weighted by Crippen LogP contribution is 2.25. The first-order valence-corrected chi connectivity index (χ1v) is 7.41. The van der Waals surface area contributed by atoms with Crippen LogP contribution < -0.4 is 5.32 Å². The van der Waals surface area contributed by atoms with Crippen LogP contribution in [-0.2, 0) is 0 Å². The van der Waals surface area contributed by atoms with E-state index in [1.165, 1.54) is 17.4 Å². The van der Waals surface area contributed by atoms with Crippen molar-refractivity contribution in [2.24, 2.45) is 0 Å². The van der Waals surface area contributed by atoms with E-state index in [-0.39, 0.29) is 5.78 Å². The van der Waals surface area contributed by atoms with E-state index in [9.17, 15) is 4.79 Å². The largest absolute Gasteiger partial charge is 0.365 e. The Kier molecular flexibility index (Phi) is 4.81. The predicted molar refractivity (Wildman–Crippen MR) is 86.2 cm³/mol. The highest BCUT2D eigenvalue weighted by Gasteiger charge is 2.12. The van der Waals surface area contributed by atoms with E-state index < -0.39 is 0 Å². The maximum atomic E-state index is 12.1. The molecule has 0 fully saturated rings. The van der Waals surface area contributed by atoms with Crippen LogP contribution in [-0.4, -0.2) is 17.8 Å². The number of hydrogen-bond donors (Lipinski definition) is 1. The molecule has 6 heteroatoms. The van der Waals surface area contributed by atoms with Crippen LogP contribution in [0.2, 0.25) is 10.0 Å². The summed E-state index contributed by atoms with van der Waals surface area (Å²) < 4.78 is 0. The summed E-state index contributed by atoms with van der Waals surface area (Å²) in [6, 6.07) is 5.14. The number of benzene rings is 1. The first kappa shape index (κ1) is 15.0. The molecule has 1 aromatic carbocycles. The van der Waals surface area contributed by atoms with Crippen LogP contribution in [0.5, 0.6) is 0 Å². The van der Waals surface area contributed by atoms with Gasteiger partial charge in [-0.2, -0.15) is 0 Å². The Bertz CT molecular complexity index is 680. The summed E-state index contributed by atoms with van der Waals surface area (Å²) in [6.45, 7) is 1.81. The van der Waals surface area contributed by atoms with Crippen LogP contribution in [0.4, 0.5) is 5.13 Å². The normalized spacial score (nSPS) is 11.0. The Morgan fingerprint density at radius 3 is 2.75 bits per heavy atom. The van der Waals surface area contributed by atoms with Crippen molar-refractivity contribution in [3.63, 3.8) is 0 Å². The fourth-order valence-corrected chi connectivity index (χ4v) is 2.92. The van der Waals surface area contributed by atoms with E-state index >= 15 is 0 Å². The van der Waals surface area contributed by atoms with Gasteiger partial charge in [-0.1, -0.05) is 40.6 Å². The summed E-state index contributed by atoms with van der Waals surface area (Å²) in [4.78, 5) is 17.0. The van der Waals surface area contributed by atoms with E-state index in [0.717, 1.165) is 16.4 Å². The second-order valence-electron chi connectivity index (χ2n) is 4.05. The van der Waals surface area contributed by atoms with Crippen molar-refractivity contribution in [2.45, 2.75) is 6.92 Å². The number of nitrogens with zero attached hydrogens (tertiary/aromatic N) is 1. The molecule has 2 aromatic rings. The molecular weight excluding hydrogens is 315 g/mol. The van der Waals surface area contributed by atoms with Gasteiger partial charge in [0, 0.05) is 17.1 Å². The van der Waals surface area contributed by atoms with Gasteiger partial charge in [-0.25, -0.2) is 4.98 Å². The highest BCUT2D eigenvalue weighted by molar-refractivity contribution is 7.17. The number of aryl methyl sites for hydroxylation is 1. The van der Waals surface area contributed by atoms with Crippen LogP contribution in [0.25, 0.3) is 6.08 Å². The van der Waals surface area contributed by atoms with E-state index in [1.54, 1.807) is 31.3 Å². The zero-order chi connectivity index (χ0) is 14.7. The zero-order valence-corrected chi connectivity index (χ0v) is 13.2. The van der Waals surface area contributed by atoms with E-state index in [2.05, 4.69) is 10.3 Å². The summed E-state index contributed by atoms with van der Waals surface area (Å²) in [5, 5.41) is 4.73. The number of nitrogens with one attached hydrogen (secondary N) is 1. The maximum Gasteiger partial charge on any atom is 0.197 e. The molecule has 2 rings (SSSR count). The van der Waals surface area contributed by atoms with Crippen molar-refractivity contribution < 1.29 is 4.79 Å². The molecule has 104 valence electrons. The summed E-state index contributed by atoms with van der Waals surface area (Å²) in [7, 11) is 1.77. The van der Waals surface area contributed by atoms with Gasteiger partial charge in [0.05, 0.1) is 10.6 Å². The number of carbonyl (C=O) groups excluding carboxylic acids is 1. The molecule has 0 saturated heterocycles. The lowest BCUT2D eigenvalue weighted by Crippen LogP contribution is -1.93. The molecule has 0 atom stereocenters. The molecule has 0 aliphatic carbocycles. The van der Waals surface area contributed by atoms with Crippen molar-refractivity contribution in [1.82, 2.24) is 4.98 Å². The molecule has 1 N–H and O–H groups in total.